The zero-order chi connectivity index (χ0) is 12.7. The summed E-state index contributed by atoms with van der Waals surface area (Å²) < 4.78 is 0. The lowest BCUT2D eigenvalue weighted by atomic mass is 10.0. The molecule has 1 N–H and O–H groups in total. The van der Waals surface area contributed by atoms with Gasteiger partial charge in [0, 0.05) is 23.2 Å². The molecular formula is C13H15N3OS. The van der Waals surface area contributed by atoms with Gasteiger partial charge in [0.1, 0.15) is 0 Å². The Morgan fingerprint density at radius 1 is 1.44 bits per heavy atom. The summed E-state index contributed by atoms with van der Waals surface area (Å²) in [6, 6.07) is 4.05. The molecule has 1 unspecified atom stereocenters. The quantitative estimate of drug-likeness (QED) is 0.857. The Balaban J connectivity index is 1.99. The SMILES string of the molecule is Cc1cc(O)nc(N2CCc3ccsc3C2C)n1. The number of aryl methyl sites for hydroxylation is 1. The maximum Gasteiger partial charge on any atom is 0.229 e. The summed E-state index contributed by atoms with van der Waals surface area (Å²) in [7, 11) is 0. The first-order chi connectivity index (χ1) is 8.65. The molecule has 2 aromatic heterocycles. The lowest BCUT2D eigenvalue weighted by Gasteiger charge is -2.33. The molecule has 5 heteroatoms. The van der Waals surface area contributed by atoms with Gasteiger partial charge in [-0.05, 0) is 37.3 Å². The molecule has 18 heavy (non-hydrogen) atoms. The number of hydrogen-bond acceptors (Lipinski definition) is 5. The van der Waals surface area contributed by atoms with Crippen molar-refractivity contribution >= 4 is 17.3 Å². The van der Waals surface area contributed by atoms with Gasteiger partial charge < -0.3 is 10.0 Å². The smallest absolute Gasteiger partial charge is 0.229 e. The molecule has 0 aliphatic carbocycles. The molecular weight excluding hydrogens is 246 g/mol. The van der Waals surface area contributed by atoms with Crippen molar-refractivity contribution in [3.05, 3.63) is 33.6 Å². The van der Waals surface area contributed by atoms with Crippen LogP contribution >= 0.6 is 11.3 Å². The van der Waals surface area contributed by atoms with E-state index >= 15 is 0 Å². The van der Waals surface area contributed by atoms with Crippen LogP contribution in [0.15, 0.2) is 17.5 Å². The van der Waals surface area contributed by atoms with Crippen molar-refractivity contribution in [1.82, 2.24) is 9.97 Å². The van der Waals surface area contributed by atoms with Gasteiger partial charge in [0.15, 0.2) is 0 Å². The van der Waals surface area contributed by atoms with Crippen molar-refractivity contribution in [3.8, 4) is 5.88 Å². The summed E-state index contributed by atoms with van der Waals surface area (Å²) in [6.45, 7) is 4.93. The molecule has 3 rings (SSSR count). The number of thiophene rings is 1. The Morgan fingerprint density at radius 2 is 2.28 bits per heavy atom. The molecule has 0 amide bonds. The summed E-state index contributed by atoms with van der Waals surface area (Å²) in [6.07, 6.45) is 1.02. The largest absolute Gasteiger partial charge is 0.493 e. The molecule has 0 fully saturated rings. The highest BCUT2D eigenvalue weighted by atomic mass is 32.1. The Hall–Kier alpha value is -1.62. The van der Waals surface area contributed by atoms with Crippen LogP contribution in [0.4, 0.5) is 5.95 Å². The summed E-state index contributed by atoms with van der Waals surface area (Å²) in [5.74, 6) is 0.667. The zero-order valence-electron chi connectivity index (χ0n) is 10.4. The molecule has 3 heterocycles. The molecule has 0 radical (unpaired) electrons. The van der Waals surface area contributed by atoms with Gasteiger partial charge in [-0.3, -0.25) is 0 Å². The van der Waals surface area contributed by atoms with E-state index < -0.39 is 0 Å². The number of rotatable bonds is 1. The molecule has 94 valence electrons. The van der Waals surface area contributed by atoms with E-state index in [1.807, 2.05) is 6.92 Å². The first kappa shape index (κ1) is 11.5. The van der Waals surface area contributed by atoms with Gasteiger partial charge in [-0.25, -0.2) is 4.98 Å². The molecule has 0 bridgehead atoms. The molecule has 0 saturated carbocycles. The predicted octanol–water partition coefficient (Wildman–Crippen LogP) is 2.68. The minimum atomic E-state index is 0.0432. The zero-order valence-corrected chi connectivity index (χ0v) is 11.2. The highest BCUT2D eigenvalue weighted by Gasteiger charge is 2.27. The number of fused-ring (bicyclic) bond motifs is 1. The average Bonchev–Trinajstić information content (AvgIpc) is 2.77. The van der Waals surface area contributed by atoms with Gasteiger partial charge in [-0.2, -0.15) is 4.98 Å². The fourth-order valence-corrected chi connectivity index (χ4v) is 3.46. The monoisotopic (exact) mass is 261 g/mol. The van der Waals surface area contributed by atoms with Crippen LogP contribution in [-0.2, 0) is 6.42 Å². The highest BCUT2D eigenvalue weighted by Crippen LogP contribution is 2.35. The molecule has 2 aromatic rings. The van der Waals surface area contributed by atoms with Gasteiger partial charge >= 0.3 is 0 Å². The van der Waals surface area contributed by atoms with Crippen LogP contribution in [0, 0.1) is 6.92 Å². The van der Waals surface area contributed by atoms with E-state index in [9.17, 15) is 5.11 Å². The lowest BCUT2D eigenvalue weighted by Crippen LogP contribution is -2.34. The highest BCUT2D eigenvalue weighted by molar-refractivity contribution is 7.10. The first-order valence-corrected chi connectivity index (χ1v) is 6.90. The Bertz CT molecular complexity index is 561. The first-order valence-electron chi connectivity index (χ1n) is 6.02. The Morgan fingerprint density at radius 3 is 3.06 bits per heavy atom. The van der Waals surface area contributed by atoms with E-state index in [2.05, 4.69) is 33.2 Å². The molecule has 4 nitrogen and oxygen atoms in total. The number of anilines is 1. The topological polar surface area (TPSA) is 49.3 Å². The second-order valence-electron chi connectivity index (χ2n) is 4.60. The van der Waals surface area contributed by atoms with E-state index in [1.54, 1.807) is 17.4 Å². The van der Waals surface area contributed by atoms with Crippen LogP contribution in [0.3, 0.4) is 0 Å². The van der Waals surface area contributed by atoms with Crippen molar-refractivity contribution in [2.45, 2.75) is 26.3 Å². The number of nitrogens with zero attached hydrogens (tertiary/aromatic N) is 3. The summed E-state index contributed by atoms with van der Waals surface area (Å²) in [4.78, 5) is 12.1. The van der Waals surface area contributed by atoms with E-state index in [1.165, 1.54) is 10.4 Å². The van der Waals surface area contributed by atoms with E-state index in [4.69, 9.17) is 0 Å². The van der Waals surface area contributed by atoms with Crippen molar-refractivity contribution in [2.75, 3.05) is 11.4 Å². The van der Waals surface area contributed by atoms with Crippen LogP contribution in [0.2, 0.25) is 0 Å². The Kier molecular flexibility index (Phi) is 2.70. The third-order valence-electron chi connectivity index (χ3n) is 3.34. The third-order valence-corrected chi connectivity index (χ3v) is 4.46. The van der Waals surface area contributed by atoms with Crippen LogP contribution in [0.25, 0.3) is 0 Å². The lowest BCUT2D eigenvalue weighted by molar-refractivity contribution is 0.449. The van der Waals surface area contributed by atoms with Gasteiger partial charge in [-0.1, -0.05) is 0 Å². The van der Waals surface area contributed by atoms with Crippen LogP contribution in [-0.4, -0.2) is 21.6 Å². The number of aromatic nitrogens is 2. The maximum absolute atomic E-state index is 9.59. The second kappa shape index (κ2) is 4.24. The van der Waals surface area contributed by atoms with Crippen LogP contribution < -0.4 is 4.90 Å². The van der Waals surface area contributed by atoms with Crippen molar-refractivity contribution in [1.29, 1.82) is 0 Å². The van der Waals surface area contributed by atoms with Gasteiger partial charge in [0.05, 0.1) is 6.04 Å². The number of hydrogen-bond donors (Lipinski definition) is 1. The average molecular weight is 261 g/mol. The number of aromatic hydroxyl groups is 1. The van der Waals surface area contributed by atoms with Crippen LogP contribution in [0.5, 0.6) is 5.88 Å². The van der Waals surface area contributed by atoms with E-state index in [0.29, 0.717) is 5.95 Å². The molecule has 0 spiro atoms. The summed E-state index contributed by atoms with van der Waals surface area (Å²) in [5, 5.41) is 11.7. The van der Waals surface area contributed by atoms with Gasteiger partial charge in [0.2, 0.25) is 11.8 Å². The maximum atomic E-state index is 9.59. The fourth-order valence-electron chi connectivity index (χ4n) is 2.43. The summed E-state index contributed by atoms with van der Waals surface area (Å²) >= 11 is 1.78. The molecule has 1 atom stereocenters. The summed E-state index contributed by atoms with van der Waals surface area (Å²) in [5.41, 5.74) is 2.22. The Labute approximate surface area is 110 Å². The third kappa shape index (κ3) is 1.84. The molecule has 1 aliphatic heterocycles. The van der Waals surface area contributed by atoms with Crippen LogP contribution in [0.1, 0.15) is 29.1 Å². The molecule has 1 aliphatic rings. The molecule has 0 aromatic carbocycles. The fraction of sp³-hybridized carbons (Fsp3) is 0.385. The standard InChI is InChI=1S/C13H15N3OS/c1-8-7-11(17)15-13(14-8)16-5-3-10-4-6-18-12(10)9(16)2/h4,6-7,9H,3,5H2,1-2H3,(H,14,15,17). The molecule has 0 saturated heterocycles. The van der Waals surface area contributed by atoms with Gasteiger partial charge in [-0.15, -0.1) is 11.3 Å². The minimum absolute atomic E-state index is 0.0432. The predicted molar refractivity (Wildman–Crippen MR) is 72.2 cm³/mol. The van der Waals surface area contributed by atoms with Crippen molar-refractivity contribution in [3.63, 3.8) is 0 Å². The normalized spacial score (nSPS) is 18.8. The van der Waals surface area contributed by atoms with Crippen molar-refractivity contribution < 1.29 is 5.11 Å². The van der Waals surface area contributed by atoms with Gasteiger partial charge in [0.25, 0.3) is 0 Å². The van der Waals surface area contributed by atoms with E-state index in [0.717, 1.165) is 18.7 Å². The second-order valence-corrected chi connectivity index (χ2v) is 5.54. The van der Waals surface area contributed by atoms with Crippen molar-refractivity contribution in [2.24, 2.45) is 0 Å². The van der Waals surface area contributed by atoms with E-state index in [-0.39, 0.29) is 11.9 Å². The minimum Gasteiger partial charge on any atom is -0.493 e.